The lowest BCUT2D eigenvalue weighted by atomic mass is 10.1. The van der Waals surface area contributed by atoms with Crippen LogP contribution < -0.4 is 4.74 Å². The van der Waals surface area contributed by atoms with Crippen molar-refractivity contribution >= 4 is 28.6 Å². The number of carbonyl (C=O) groups excluding carboxylic acids is 1. The average molecular weight is 376 g/mol. The Kier molecular flexibility index (Phi) is 6.62. The number of ether oxygens (including phenoxy) is 2. The minimum atomic E-state index is -0.278. The second kappa shape index (κ2) is 7.72. The van der Waals surface area contributed by atoms with Crippen molar-refractivity contribution in [3.8, 4) is 5.75 Å². The number of carbonyl (C=O) groups is 1. The van der Waals surface area contributed by atoms with Crippen LogP contribution in [0.2, 0.25) is 0 Å². The quantitative estimate of drug-likeness (QED) is 0.406. The monoisotopic (exact) mass is 376 g/mol. The molecule has 0 saturated heterocycles. The number of rotatable bonds is 7. The average Bonchev–Trinajstić information content (AvgIpc) is 2.36. The molecule has 1 aromatic carbocycles. The molecule has 0 saturated carbocycles. The van der Waals surface area contributed by atoms with Crippen LogP contribution >= 0.6 is 22.6 Å². The largest absolute Gasteiger partial charge is 0.488 e. The van der Waals surface area contributed by atoms with E-state index in [4.69, 9.17) is 9.47 Å². The van der Waals surface area contributed by atoms with Crippen LogP contribution in [0.4, 0.5) is 0 Å². The standard InChI is InChI=1S/C15H21IO3/c1-4-11-18-14(17)12-5-7-13(8-6-12)19-15(2,3)9-10-16/h5-8H,4,9-11H2,1-3H3. The van der Waals surface area contributed by atoms with Crippen LogP contribution in [0.5, 0.6) is 5.75 Å². The molecule has 0 bridgehead atoms. The molecule has 4 heteroatoms. The highest BCUT2D eigenvalue weighted by molar-refractivity contribution is 14.1. The highest BCUT2D eigenvalue weighted by Crippen LogP contribution is 2.22. The lowest BCUT2D eigenvalue weighted by molar-refractivity contribution is 0.0505. The van der Waals surface area contributed by atoms with Gasteiger partial charge in [0.1, 0.15) is 11.4 Å². The maximum Gasteiger partial charge on any atom is 0.338 e. The van der Waals surface area contributed by atoms with Gasteiger partial charge in [-0.25, -0.2) is 4.79 Å². The molecule has 0 fully saturated rings. The fourth-order valence-corrected chi connectivity index (χ4v) is 2.83. The van der Waals surface area contributed by atoms with Gasteiger partial charge in [-0.1, -0.05) is 29.5 Å². The van der Waals surface area contributed by atoms with Crippen LogP contribution in [0, 0.1) is 0 Å². The zero-order valence-corrected chi connectivity index (χ0v) is 13.9. The first-order valence-corrected chi connectivity index (χ1v) is 8.03. The summed E-state index contributed by atoms with van der Waals surface area (Å²) in [5, 5.41) is 0. The first-order valence-electron chi connectivity index (χ1n) is 6.50. The predicted octanol–water partition coefficient (Wildman–Crippen LogP) is 4.24. The third kappa shape index (κ3) is 5.80. The molecule has 0 radical (unpaired) electrons. The van der Waals surface area contributed by atoms with E-state index in [0.29, 0.717) is 12.2 Å². The van der Waals surface area contributed by atoms with Gasteiger partial charge in [-0.2, -0.15) is 0 Å². The van der Waals surface area contributed by atoms with Crippen LogP contribution in [0.1, 0.15) is 44.0 Å². The van der Waals surface area contributed by atoms with Crippen LogP contribution in [0.3, 0.4) is 0 Å². The lowest BCUT2D eigenvalue weighted by Gasteiger charge is -2.25. The maximum atomic E-state index is 11.6. The molecule has 0 heterocycles. The molecule has 106 valence electrons. The molecule has 0 aliphatic heterocycles. The normalized spacial score (nSPS) is 11.2. The van der Waals surface area contributed by atoms with Gasteiger partial charge in [0.25, 0.3) is 0 Å². The van der Waals surface area contributed by atoms with Crippen molar-refractivity contribution in [3.05, 3.63) is 29.8 Å². The molecule has 0 N–H and O–H groups in total. The van der Waals surface area contributed by atoms with Crippen LogP contribution in [-0.2, 0) is 4.74 Å². The number of benzene rings is 1. The Labute approximate surface area is 128 Å². The lowest BCUT2D eigenvalue weighted by Crippen LogP contribution is -2.28. The van der Waals surface area contributed by atoms with E-state index in [9.17, 15) is 4.79 Å². The summed E-state index contributed by atoms with van der Waals surface area (Å²) in [4.78, 5) is 11.6. The van der Waals surface area contributed by atoms with E-state index in [0.717, 1.165) is 23.0 Å². The highest BCUT2D eigenvalue weighted by Gasteiger charge is 2.18. The van der Waals surface area contributed by atoms with Crippen molar-refractivity contribution in [3.63, 3.8) is 0 Å². The summed E-state index contributed by atoms with van der Waals surface area (Å²) in [6.07, 6.45) is 1.81. The highest BCUT2D eigenvalue weighted by atomic mass is 127. The number of halogens is 1. The second-order valence-electron chi connectivity index (χ2n) is 4.96. The van der Waals surface area contributed by atoms with Crippen LogP contribution in [-0.4, -0.2) is 22.6 Å². The van der Waals surface area contributed by atoms with E-state index < -0.39 is 0 Å². The molecular weight excluding hydrogens is 355 g/mol. The van der Waals surface area contributed by atoms with Crippen LogP contribution in [0.25, 0.3) is 0 Å². The van der Waals surface area contributed by atoms with Gasteiger partial charge in [-0.05, 0) is 51.0 Å². The molecule has 0 spiro atoms. The molecule has 3 nitrogen and oxygen atoms in total. The molecule has 0 amide bonds. The van der Waals surface area contributed by atoms with Crippen molar-refractivity contribution in [2.45, 2.75) is 39.2 Å². The van der Waals surface area contributed by atoms with Gasteiger partial charge >= 0.3 is 5.97 Å². The first kappa shape index (κ1) is 16.3. The third-order valence-corrected chi connectivity index (χ3v) is 3.16. The third-order valence-electron chi connectivity index (χ3n) is 2.62. The van der Waals surface area contributed by atoms with E-state index in [-0.39, 0.29) is 11.6 Å². The van der Waals surface area contributed by atoms with Gasteiger partial charge in [0.05, 0.1) is 12.2 Å². The summed E-state index contributed by atoms with van der Waals surface area (Å²) in [5.41, 5.74) is 0.373. The predicted molar refractivity (Wildman–Crippen MR) is 85.2 cm³/mol. The van der Waals surface area contributed by atoms with E-state index in [1.165, 1.54) is 0 Å². The molecule has 19 heavy (non-hydrogen) atoms. The van der Waals surface area contributed by atoms with E-state index >= 15 is 0 Å². The molecule has 0 aromatic heterocycles. The summed E-state index contributed by atoms with van der Waals surface area (Å²) in [5.74, 6) is 0.502. The number of hydrogen-bond acceptors (Lipinski definition) is 3. The summed E-state index contributed by atoms with van der Waals surface area (Å²) in [7, 11) is 0. The van der Waals surface area contributed by atoms with E-state index in [1.54, 1.807) is 12.1 Å². The maximum absolute atomic E-state index is 11.6. The molecule has 0 unspecified atom stereocenters. The Bertz CT molecular complexity index is 398. The number of hydrogen-bond donors (Lipinski definition) is 0. The topological polar surface area (TPSA) is 35.5 Å². The van der Waals surface area contributed by atoms with Crippen molar-refractivity contribution in [2.24, 2.45) is 0 Å². The van der Waals surface area contributed by atoms with Crippen molar-refractivity contribution in [1.29, 1.82) is 0 Å². The SMILES string of the molecule is CCCOC(=O)c1ccc(OC(C)(C)CCI)cc1. The summed E-state index contributed by atoms with van der Waals surface area (Å²) >= 11 is 2.34. The Morgan fingerprint density at radius 3 is 2.42 bits per heavy atom. The number of esters is 1. The van der Waals surface area contributed by atoms with Crippen LogP contribution in [0.15, 0.2) is 24.3 Å². The fraction of sp³-hybridized carbons (Fsp3) is 0.533. The Morgan fingerprint density at radius 1 is 1.26 bits per heavy atom. The zero-order valence-electron chi connectivity index (χ0n) is 11.7. The summed E-state index contributed by atoms with van der Waals surface area (Å²) in [6.45, 7) is 6.56. The minimum absolute atomic E-state index is 0.189. The molecule has 1 aromatic rings. The zero-order chi connectivity index (χ0) is 14.3. The van der Waals surface area contributed by atoms with Crippen molar-refractivity contribution in [1.82, 2.24) is 0 Å². The molecule has 0 aliphatic rings. The van der Waals surface area contributed by atoms with Gasteiger partial charge in [0.2, 0.25) is 0 Å². The number of alkyl halides is 1. The molecule has 0 atom stereocenters. The van der Waals surface area contributed by atoms with Gasteiger partial charge in [-0.15, -0.1) is 0 Å². The van der Waals surface area contributed by atoms with E-state index in [1.807, 2.05) is 19.1 Å². The Morgan fingerprint density at radius 2 is 1.89 bits per heavy atom. The summed E-state index contributed by atoms with van der Waals surface area (Å²) in [6, 6.07) is 7.12. The van der Waals surface area contributed by atoms with E-state index in [2.05, 4.69) is 36.4 Å². The Balaban J connectivity index is 2.63. The first-order chi connectivity index (χ1) is 8.98. The van der Waals surface area contributed by atoms with Gasteiger partial charge in [0, 0.05) is 4.43 Å². The smallest absolute Gasteiger partial charge is 0.338 e. The van der Waals surface area contributed by atoms with Gasteiger partial charge in [0.15, 0.2) is 0 Å². The van der Waals surface area contributed by atoms with Crippen molar-refractivity contribution < 1.29 is 14.3 Å². The molecule has 1 rings (SSSR count). The molecule has 0 aliphatic carbocycles. The minimum Gasteiger partial charge on any atom is -0.488 e. The molecular formula is C15H21IO3. The summed E-state index contributed by atoms with van der Waals surface area (Å²) < 4.78 is 12.0. The van der Waals surface area contributed by atoms with Gasteiger partial charge < -0.3 is 9.47 Å². The van der Waals surface area contributed by atoms with Crippen molar-refractivity contribution in [2.75, 3.05) is 11.0 Å². The van der Waals surface area contributed by atoms with Gasteiger partial charge in [-0.3, -0.25) is 0 Å². The Hall–Kier alpha value is -0.780. The second-order valence-corrected chi connectivity index (χ2v) is 6.04. The fourth-order valence-electron chi connectivity index (χ4n) is 1.53.